The van der Waals surface area contributed by atoms with Crippen molar-refractivity contribution in [2.75, 3.05) is 6.54 Å². The van der Waals surface area contributed by atoms with E-state index in [1.165, 1.54) is 0 Å². The van der Waals surface area contributed by atoms with E-state index >= 15 is 0 Å². The minimum absolute atomic E-state index is 0.275. The van der Waals surface area contributed by atoms with Gasteiger partial charge < -0.3 is 10.1 Å². The largest absolute Gasteiger partial charge is 0.445 e. The van der Waals surface area contributed by atoms with Crippen LogP contribution in [0.15, 0.2) is 59.1 Å². The van der Waals surface area contributed by atoms with E-state index < -0.39 is 6.09 Å². The third-order valence-corrected chi connectivity index (χ3v) is 3.34. The standard InChI is InChI=1S/C18H16BrNO2/c19-17-11-9-15(10-12-17)6-4-5-13-20-18(21)22-14-16-7-2-1-3-8-16/h1-3,7-12H,5,13-14H2,(H,20,21). The van der Waals surface area contributed by atoms with Crippen molar-refractivity contribution in [3.63, 3.8) is 0 Å². The maximum Gasteiger partial charge on any atom is 0.407 e. The minimum atomic E-state index is -0.422. The Bertz CT molecular complexity index is 657. The van der Waals surface area contributed by atoms with E-state index in [1.807, 2.05) is 54.6 Å². The van der Waals surface area contributed by atoms with E-state index in [1.54, 1.807) is 0 Å². The molecule has 0 fully saturated rings. The molecule has 0 aromatic heterocycles. The molecule has 0 radical (unpaired) electrons. The van der Waals surface area contributed by atoms with Gasteiger partial charge in [0.15, 0.2) is 0 Å². The van der Waals surface area contributed by atoms with Crippen molar-refractivity contribution in [3.8, 4) is 11.8 Å². The van der Waals surface area contributed by atoms with Crippen LogP contribution in [-0.4, -0.2) is 12.6 Å². The highest BCUT2D eigenvalue weighted by Gasteiger charge is 2.00. The van der Waals surface area contributed by atoms with Gasteiger partial charge in [-0.2, -0.15) is 0 Å². The quantitative estimate of drug-likeness (QED) is 0.660. The van der Waals surface area contributed by atoms with Crippen molar-refractivity contribution >= 4 is 22.0 Å². The Hall–Kier alpha value is -2.25. The fourth-order valence-electron chi connectivity index (χ4n) is 1.70. The first kappa shape index (κ1) is 16.1. The number of rotatable bonds is 4. The van der Waals surface area contributed by atoms with Gasteiger partial charge >= 0.3 is 6.09 Å². The maximum absolute atomic E-state index is 11.5. The highest BCUT2D eigenvalue weighted by molar-refractivity contribution is 9.10. The molecule has 0 bridgehead atoms. The lowest BCUT2D eigenvalue weighted by Crippen LogP contribution is -2.24. The van der Waals surface area contributed by atoms with Gasteiger partial charge in [0.2, 0.25) is 0 Å². The lowest BCUT2D eigenvalue weighted by molar-refractivity contribution is 0.140. The summed E-state index contributed by atoms with van der Waals surface area (Å²) in [7, 11) is 0. The number of carbonyl (C=O) groups excluding carboxylic acids is 1. The van der Waals surface area contributed by atoms with Crippen molar-refractivity contribution in [1.82, 2.24) is 5.32 Å². The number of alkyl carbamates (subject to hydrolysis) is 1. The van der Waals surface area contributed by atoms with E-state index in [-0.39, 0.29) is 6.61 Å². The molecule has 4 heteroatoms. The monoisotopic (exact) mass is 357 g/mol. The number of halogens is 1. The average molecular weight is 358 g/mol. The number of hydrogen-bond donors (Lipinski definition) is 1. The van der Waals surface area contributed by atoms with Crippen LogP contribution in [0, 0.1) is 11.8 Å². The molecule has 0 heterocycles. The Morgan fingerprint density at radius 2 is 1.82 bits per heavy atom. The second-order valence-electron chi connectivity index (χ2n) is 4.55. The Morgan fingerprint density at radius 3 is 2.55 bits per heavy atom. The van der Waals surface area contributed by atoms with Crippen molar-refractivity contribution in [1.29, 1.82) is 0 Å². The molecule has 2 rings (SSSR count). The summed E-state index contributed by atoms with van der Waals surface area (Å²) in [4.78, 5) is 11.5. The number of benzene rings is 2. The van der Waals surface area contributed by atoms with Crippen LogP contribution < -0.4 is 5.32 Å². The predicted octanol–water partition coefficient (Wildman–Crippen LogP) is 4.12. The zero-order valence-electron chi connectivity index (χ0n) is 12.0. The summed E-state index contributed by atoms with van der Waals surface area (Å²) < 4.78 is 6.13. The van der Waals surface area contributed by atoms with Crippen LogP contribution in [0.25, 0.3) is 0 Å². The molecule has 0 spiro atoms. The van der Waals surface area contributed by atoms with E-state index in [0.717, 1.165) is 15.6 Å². The fraction of sp³-hybridized carbons (Fsp3) is 0.167. The maximum atomic E-state index is 11.5. The summed E-state index contributed by atoms with van der Waals surface area (Å²) >= 11 is 3.38. The molecule has 2 aromatic rings. The molecule has 0 saturated carbocycles. The molecule has 1 N–H and O–H groups in total. The summed E-state index contributed by atoms with van der Waals surface area (Å²) in [6.45, 7) is 0.744. The van der Waals surface area contributed by atoms with Crippen molar-refractivity contribution in [2.45, 2.75) is 13.0 Å². The van der Waals surface area contributed by atoms with Crippen molar-refractivity contribution in [3.05, 3.63) is 70.2 Å². The molecule has 1 amide bonds. The van der Waals surface area contributed by atoms with E-state index in [4.69, 9.17) is 4.74 Å². The normalized spacial score (nSPS) is 9.50. The topological polar surface area (TPSA) is 38.3 Å². The highest BCUT2D eigenvalue weighted by atomic mass is 79.9. The van der Waals surface area contributed by atoms with Gasteiger partial charge in [-0.3, -0.25) is 0 Å². The fourth-order valence-corrected chi connectivity index (χ4v) is 1.96. The van der Waals surface area contributed by atoms with E-state index in [0.29, 0.717) is 13.0 Å². The van der Waals surface area contributed by atoms with Crippen LogP contribution in [0.4, 0.5) is 4.79 Å². The Morgan fingerprint density at radius 1 is 1.09 bits per heavy atom. The van der Waals surface area contributed by atoms with Crippen LogP contribution in [-0.2, 0) is 11.3 Å². The van der Waals surface area contributed by atoms with Crippen LogP contribution in [0.2, 0.25) is 0 Å². The van der Waals surface area contributed by atoms with Crippen LogP contribution in [0.5, 0.6) is 0 Å². The number of hydrogen-bond acceptors (Lipinski definition) is 2. The Kier molecular flexibility index (Phi) is 6.53. The zero-order valence-corrected chi connectivity index (χ0v) is 13.6. The molecule has 0 unspecified atom stereocenters. The predicted molar refractivity (Wildman–Crippen MR) is 90.3 cm³/mol. The summed E-state index contributed by atoms with van der Waals surface area (Å²) in [6, 6.07) is 17.4. The summed E-state index contributed by atoms with van der Waals surface area (Å²) in [5, 5.41) is 2.68. The molecule has 0 aliphatic carbocycles. The molecular weight excluding hydrogens is 342 g/mol. The molecule has 22 heavy (non-hydrogen) atoms. The molecule has 2 aromatic carbocycles. The molecule has 0 saturated heterocycles. The SMILES string of the molecule is O=C(NCCC#Cc1ccc(Br)cc1)OCc1ccccc1. The van der Waals surface area contributed by atoms with Gasteiger partial charge in [-0.1, -0.05) is 58.1 Å². The minimum Gasteiger partial charge on any atom is -0.445 e. The summed E-state index contributed by atoms with van der Waals surface area (Å²) in [6.07, 6.45) is 0.158. The lowest BCUT2D eigenvalue weighted by Gasteiger charge is -2.05. The first-order valence-electron chi connectivity index (χ1n) is 6.93. The van der Waals surface area contributed by atoms with Crippen LogP contribution in [0.3, 0.4) is 0 Å². The first-order chi connectivity index (χ1) is 10.7. The van der Waals surface area contributed by atoms with Gasteiger partial charge in [0.1, 0.15) is 6.61 Å². The summed E-state index contributed by atoms with van der Waals surface area (Å²) in [5.74, 6) is 6.06. The zero-order chi connectivity index (χ0) is 15.6. The van der Waals surface area contributed by atoms with E-state index in [2.05, 4.69) is 33.1 Å². The molecule has 112 valence electrons. The number of amides is 1. The van der Waals surface area contributed by atoms with E-state index in [9.17, 15) is 4.79 Å². The van der Waals surface area contributed by atoms with Crippen LogP contribution in [0.1, 0.15) is 17.5 Å². The third-order valence-electron chi connectivity index (χ3n) is 2.81. The van der Waals surface area contributed by atoms with Gasteiger partial charge in [0, 0.05) is 23.0 Å². The number of ether oxygens (including phenoxy) is 1. The van der Waals surface area contributed by atoms with Gasteiger partial charge in [-0.15, -0.1) is 0 Å². The van der Waals surface area contributed by atoms with Gasteiger partial charge in [-0.05, 0) is 29.8 Å². The second-order valence-corrected chi connectivity index (χ2v) is 5.46. The number of carbonyl (C=O) groups is 1. The third kappa shape index (κ3) is 6.02. The molecule has 0 atom stereocenters. The number of nitrogens with one attached hydrogen (secondary N) is 1. The highest BCUT2D eigenvalue weighted by Crippen LogP contribution is 2.09. The lowest BCUT2D eigenvalue weighted by atomic mass is 10.2. The molecule has 0 aliphatic rings. The van der Waals surface area contributed by atoms with Crippen molar-refractivity contribution < 1.29 is 9.53 Å². The van der Waals surface area contributed by atoms with Gasteiger partial charge in [-0.25, -0.2) is 4.79 Å². The Balaban J connectivity index is 1.64. The molecular formula is C18H16BrNO2. The average Bonchev–Trinajstić information content (AvgIpc) is 2.55. The van der Waals surface area contributed by atoms with Crippen LogP contribution >= 0.6 is 15.9 Å². The first-order valence-corrected chi connectivity index (χ1v) is 7.72. The summed E-state index contributed by atoms with van der Waals surface area (Å²) in [5.41, 5.74) is 1.92. The molecule has 3 nitrogen and oxygen atoms in total. The smallest absolute Gasteiger partial charge is 0.407 e. The second kappa shape index (κ2) is 8.91. The Labute approximate surface area is 138 Å². The van der Waals surface area contributed by atoms with Crippen molar-refractivity contribution in [2.24, 2.45) is 0 Å². The van der Waals surface area contributed by atoms with Gasteiger partial charge in [0.05, 0.1) is 0 Å². The van der Waals surface area contributed by atoms with Gasteiger partial charge in [0.25, 0.3) is 0 Å². The molecule has 0 aliphatic heterocycles.